The molecular weight excluding hydrogens is 385 g/mol. The van der Waals surface area contributed by atoms with Gasteiger partial charge in [0.25, 0.3) is 5.56 Å². The minimum atomic E-state index is -0.485. The van der Waals surface area contributed by atoms with Gasteiger partial charge in [-0.3, -0.25) is 4.79 Å². The second-order valence-corrected chi connectivity index (χ2v) is 6.50. The third-order valence-corrected chi connectivity index (χ3v) is 4.55. The Labute approximate surface area is 166 Å². The van der Waals surface area contributed by atoms with Crippen LogP contribution in [0.4, 0.5) is 16.0 Å². The lowest BCUT2D eigenvalue weighted by molar-refractivity contribution is 0.393. The number of nitrogens with one attached hydrogen (secondary N) is 1. The summed E-state index contributed by atoms with van der Waals surface area (Å²) in [7, 11) is 3.13. The highest BCUT2D eigenvalue weighted by Crippen LogP contribution is 2.33. The maximum Gasteiger partial charge on any atom is 0.274 e. The number of ether oxygens (including phenoxy) is 2. The van der Waals surface area contributed by atoms with Crippen LogP contribution in [-0.2, 0) is 6.54 Å². The summed E-state index contributed by atoms with van der Waals surface area (Å²) < 4.78 is 25.8. The Morgan fingerprint density at radius 2 is 1.96 bits per heavy atom. The molecule has 8 heteroatoms. The molecule has 1 aromatic heterocycles. The Hall–Kier alpha value is -3.06. The smallest absolute Gasteiger partial charge is 0.274 e. The van der Waals surface area contributed by atoms with Gasteiger partial charge < -0.3 is 19.4 Å². The largest absolute Gasteiger partial charge is 0.497 e. The molecule has 3 rings (SSSR count). The second kappa shape index (κ2) is 8.31. The lowest BCUT2D eigenvalue weighted by Gasteiger charge is -2.17. The van der Waals surface area contributed by atoms with Crippen molar-refractivity contribution < 1.29 is 13.9 Å². The first-order chi connectivity index (χ1) is 13.4. The summed E-state index contributed by atoms with van der Waals surface area (Å²) in [5.74, 6) is 1.07. The monoisotopic (exact) mass is 403 g/mol. The van der Waals surface area contributed by atoms with Crippen molar-refractivity contribution in [3.63, 3.8) is 0 Å². The van der Waals surface area contributed by atoms with Gasteiger partial charge >= 0.3 is 0 Å². The second-order valence-electron chi connectivity index (χ2n) is 6.09. The number of rotatable bonds is 6. The Balaban J connectivity index is 2.00. The van der Waals surface area contributed by atoms with E-state index in [2.05, 4.69) is 10.3 Å². The van der Waals surface area contributed by atoms with Gasteiger partial charge in [-0.15, -0.1) is 0 Å². The molecule has 0 radical (unpaired) electrons. The number of methoxy groups -OCH3 is 2. The number of benzene rings is 2. The molecule has 0 saturated heterocycles. The quantitative estimate of drug-likeness (QED) is 0.669. The van der Waals surface area contributed by atoms with Crippen molar-refractivity contribution in [2.75, 3.05) is 19.5 Å². The summed E-state index contributed by atoms with van der Waals surface area (Å²) in [5, 5.41) is 3.20. The molecule has 0 aliphatic rings. The van der Waals surface area contributed by atoms with Crippen LogP contribution in [0, 0.1) is 12.7 Å². The first-order valence-corrected chi connectivity index (χ1v) is 8.80. The zero-order valence-electron chi connectivity index (χ0n) is 15.6. The molecule has 0 fully saturated rings. The normalized spacial score (nSPS) is 10.6. The minimum absolute atomic E-state index is 0.0365. The van der Waals surface area contributed by atoms with Crippen molar-refractivity contribution in [3.8, 4) is 11.5 Å². The van der Waals surface area contributed by atoms with E-state index in [1.54, 1.807) is 49.2 Å². The maximum atomic E-state index is 13.4. The predicted octanol–water partition coefficient (Wildman–Crippen LogP) is 4.15. The lowest BCUT2D eigenvalue weighted by atomic mass is 10.1. The van der Waals surface area contributed by atoms with Crippen molar-refractivity contribution >= 4 is 23.2 Å². The van der Waals surface area contributed by atoms with Crippen molar-refractivity contribution in [2.45, 2.75) is 13.5 Å². The van der Waals surface area contributed by atoms with E-state index in [9.17, 15) is 9.18 Å². The van der Waals surface area contributed by atoms with Crippen molar-refractivity contribution in [3.05, 3.63) is 74.9 Å². The fourth-order valence-corrected chi connectivity index (χ4v) is 2.94. The molecule has 0 saturated carbocycles. The summed E-state index contributed by atoms with van der Waals surface area (Å²) in [6.45, 7) is 2.22. The number of hydrogen-bond acceptors (Lipinski definition) is 5. The van der Waals surface area contributed by atoms with Crippen LogP contribution < -0.4 is 20.3 Å². The number of aromatic nitrogens is 2. The SMILES string of the molecule is COc1cc(Nc2nc(=O)ccn2Cc2ccc(F)c(Cl)c2)c(C)c(OC)c1. The van der Waals surface area contributed by atoms with Crippen LogP contribution in [0.1, 0.15) is 11.1 Å². The van der Waals surface area contributed by atoms with Crippen molar-refractivity contribution in [2.24, 2.45) is 0 Å². The molecule has 0 aliphatic heterocycles. The highest BCUT2D eigenvalue weighted by Gasteiger charge is 2.12. The van der Waals surface area contributed by atoms with Gasteiger partial charge in [-0.05, 0) is 24.6 Å². The molecule has 3 aromatic rings. The molecule has 2 aromatic carbocycles. The van der Waals surface area contributed by atoms with Crippen LogP contribution in [0.25, 0.3) is 0 Å². The standard InChI is InChI=1S/C20H19ClFN3O3/c1-12-17(9-14(27-2)10-18(12)28-3)23-20-24-19(26)6-7-25(20)11-13-4-5-16(22)15(21)8-13/h4-10H,11H2,1-3H3,(H,23,24,26). The van der Waals surface area contributed by atoms with Crippen LogP contribution >= 0.6 is 11.6 Å². The molecule has 0 aliphatic carbocycles. The summed E-state index contributed by atoms with van der Waals surface area (Å²) in [6.07, 6.45) is 1.61. The van der Waals surface area contributed by atoms with Gasteiger partial charge in [0, 0.05) is 30.0 Å². The van der Waals surface area contributed by atoms with Gasteiger partial charge in [-0.2, -0.15) is 4.98 Å². The number of halogens is 2. The van der Waals surface area contributed by atoms with E-state index in [1.165, 1.54) is 12.1 Å². The molecule has 146 valence electrons. The lowest BCUT2D eigenvalue weighted by Crippen LogP contribution is -2.16. The Morgan fingerprint density at radius 3 is 2.64 bits per heavy atom. The minimum Gasteiger partial charge on any atom is -0.497 e. The molecular formula is C20H19ClFN3O3. The third-order valence-electron chi connectivity index (χ3n) is 4.26. The molecule has 1 N–H and O–H groups in total. The van der Waals surface area contributed by atoms with Gasteiger partial charge in [-0.1, -0.05) is 17.7 Å². The van der Waals surface area contributed by atoms with Gasteiger partial charge in [0.15, 0.2) is 0 Å². The Bertz CT molecular complexity index is 1070. The zero-order chi connectivity index (χ0) is 20.3. The predicted molar refractivity (Wildman–Crippen MR) is 107 cm³/mol. The fraction of sp³-hybridized carbons (Fsp3) is 0.200. The van der Waals surface area contributed by atoms with Crippen LogP contribution in [0.5, 0.6) is 11.5 Å². The van der Waals surface area contributed by atoms with E-state index in [0.717, 1.165) is 11.1 Å². The maximum absolute atomic E-state index is 13.4. The summed E-state index contributed by atoms with van der Waals surface area (Å²) in [6, 6.07) is 9.39. The highest BCUT2D eigenvalue weighted by molar-refractivity contribution is 6.30. The average molecular weight is 404 g/mol. The third kappa shape index (κ3) is 4.26. The summed E-state index contributed by atoms with van der Waals surface area (Å²) in [4.78, 5) is 15.9. The van der Waals surface area contributed by atoms with E-state index in [-0.39, 0.29) is 10.6 Å². The van der Waals surface area contributed by atoms with E-state index in [1.807, 2.05) is 6.92 Å². The number of hydrogen-bond donors (Lipinski definition) is 1. The Morgan fingerprint density at radius 1 is 1.18 bits per heavy atom. The van der Waals surface area contributed by atoms with E-state index >= 15 is 0 Å². The molecule has 6 nitrogen and oxygen atoms in total. The van der Waals surface area contributed by atoms with E-state index in [0.29, 0.717) is 29.7 Å². The molecule has 0 amide bonds. The molecule has 0 atom stereocenters. The first kappa shape index (κ1) is 19.7. The van der Waals surface area contributed by atoms with Gasteiger partial charge in [0.05, 0.1) is 31.5 Å². The van der Waals surface area contributed by atoms with Gasteiger partial charge in [-0.25, -0.2) is 4.39 Å². The number of nitrogens with zero attached hydrogens (tertiary/aromatic N) is 2. The molecule has 0 spiro atoms. The first-order valence-electron chi connectivity index (χ1n) is 8.42. The van der Waals surface area contributed by atoms with Gasteiger partial charge in [0.1, 0.15) is 17.3 Å². The van der Waals surface area contributed by atoms with Crippen LogP contribution in [0.2, 0.25) is 5.02 Å². The van der Waals surface area contributed by atoms with Crippen LogP contribution in [0.3, 0.4) is 0 Å². The Kier molecular flexibility index (Phi) is 5.84. The van der Waals surface area contributed by atoms with Crippen molar-refractivity contribution in [1.82, 2.24) is 9.55 Å². The average Bonchev–Trinajstić information content (AvgIpc) is 2.68. The van der Waals surface area contributed by atoms with Gasteiger partial charge in [0.2, 0.25) is 5.95 Å². The molecule has 0 unspecified atom stereocenters. The summed E-state index contributed by atoms with van der Waals surface area (Å²) in [5.41, 5.74) is 1.89. The molecule has 1 heterocycles. The van der Waals surface area contributed by atoms with Crippen molar-refractivity contribution in [1.29, 1.82) is 0 Å². The zero-order valence-corrected chi connectivity index (χ0v) is 16.4. The van der Waals surface area contributed by atoms with E-state index < -0.39 is 5.82 Å². The molecule has 28 heavy (non-hydrogen) atoms. The van der Waals surface area contributed by atoms with Crippen LogP contribution in [0.15, 0.2) is 47.4 Å². The summed E-state index contributed by atoms with van der Waals surface area (Å²) >= 11 is 5.87. The highest BCUT2D eigenvalue weighted by atomic mass is 35.5. The van der Waals surface area contributed by atoms with Crippen LogP contribution in [-0.4, -0.2) is 23.8 Å². The van der Waals surface area contributed by atoms with E-state index in [4.69, 9.17) is 21.1 Å². The topological polar surface area (TPSA) is 65.4 Å². The number of anilines is 2. The fourth-order valence-electron chi connectivity index (χ4n) is 2.73. The molecule has 0 bridgehead atoms.